The van der Waals surface area contributed by atoms with Gasteiger partial charge in [0.15, 0.2) is 5.72 Å². The van der Waals surface area contributed by atoms with Gasteiger partial charge in [-0.3, -0.25) is 14.9 Å². The fourth-order valence-electron chi connectivity index (χ4n) is 2.57. The average Bonchev–Trinajstić information content (AvgIpc) is 2.96. The monoisotopic (exact) mass is 354 g/mol. The molecule has 0 bridgehead atoms. The molecule has 8 heteroatoms. The van der Waals surface area contributed by atoms with Crippen LogP contribution in [0.1, 0.15) is 11.1 Å². The number of carbonyl (C=O) groups excluding carboxylic acids is 2. The van der Waals surface area contributed by atoms with Gasteiger partial charge in [-0.2, -0.15) is 0 Å². The number of benzene rings is 2. The van der Waals surface area contributed by atoms with E-state index in [0.717, 1.165) is 17.7 Å². The van der Waals surface area contributed by atoms with E-state index in [-0.39, 0.29) is 17.9 Å². The summed E-state index contributed by atoms with van der Waals surface area (Å²) in [7, 11) is 0. The van der Waals surface area contributed by atoms with Crippen molar-refractivity contribution in [2.75, 3.05) is 0 Å². The summed E-state index contributed by atoms with van der Waals surface area (Å²) in [5.74, 6) is -0.746. The van der Waals surface area contributed by atoms with Gasteiger partial charge in [-0.1, -0.05) is 30.3 Å². The third-order valence-electron chi connectivity index (χ3n) is 3.91. The maximum Gasteiger partial charge on any atom is 0.420 e. The van der Waals surface area contributed by atoms with Crippen molar-refractivity contribution >= 4 is 17.7 Å². The van der Waals surface area contributed by atoms with Gasteiger partial charge in [0.1, 0.15) is 6.61 Å². The van der Waals surface area contributed by atoms with Gasteiger partial charge in [-0.25, -0.2) is 9.69 Å². The molecule has 8 nitrogen and oxygen atoms in total. The number of nitro groups is 1. The number of imide groups is 1. The van der Waals surface area contributed by atoms with E-state index in [2.05, 4.69) is 0 Å². The number of aliphatic hydroxyl groups is 1. The Balaban J connectivity index is 1.81. The van der Waals surface area contributed by atoms with E-state index < -0.39 is 22.6 Å². The standard InChI is InChI=1S/C18H14N2O6/c21-16-10-11-18(23,14-6-8-15(9-7-14)20(24)25)19(16)17(22)26-12-13-4-2-1-3-5-13/h1-11,23H,12H2. The zero-order chi connectivity index (χ0) is 18.7. The van der Waals surface area contributed by atoms with Gasteiger partial charge >= 0.3 is 6.09 Å². The molecular formula is C18H14N2O6. The number of non-ortho nitro benzene ring substituents is 1. The van der Waals surface area contributed by atoms with E-state index in [0.29, 0.717) is 4.90 Å². The lowest BCUT2D eigenvalue weighted by Gasteiger charge is -2.30. The molecule has 0 saturated heterocycles. The second-order valence-corrected chi connectivity index (χ2v) is 5.58. The molecule has 26 heavy (non-hydrogen) atoms. The molecule has 1 unspecified atom stereocenters. The van der Waals surface area contributed by atoms with Crippen molar-refractivity contribution in [1.29, 1.82) is 0 Å². The van der Waals surface area contributed by atoms with Crippen LogP contribution in [-0.4, -0.2) is 26.9 Å². The fourth-order valence-corrected chi connectivity index (χ4v) is 2.57. The van der Waals surface area contributed by atoms with Crippen LogP contribution in [0.25, 0.3) is 0 Å². The highest BCUT2D eigenvalue weighted by molar-refractivity contribution is 6.02. The first-order valence-corrected chi connectivity index (χ1v) is 7.63. The van der Waals surface area contributed by atoms with Gasteiger partial charge in [0.05, 0.1) is 4.92 Å². The Bertz CT molecular complexity index is 878. The highest BCUT2D eigenvalue weighted by Gasteiger charge is 2.46. The third kappa shape index (κ3) is 3.17. The SMILES string of the molecule is O=C1C=CC(O)(c2ccc([N+](=O)[O-])cc2)N1C(=O)OCc1ccccc1. The summed E-state index contributed by atoms with van der Waals surface area (Å²) in [6.45, 7) is -0.0696. The summed E-state index contributed by atoms with van der Waals surface area (Å²) in [6, 6.07) is 13.8. The van der Waals surface area contributed by atoms with E-state index in [1.54, 1.807) is 24.3 Å². The van der Waals surface area contributed by atoms with E-state index in [4.69, 9.17) is 4.74 Å². The Morgan fingerprint density at radius 2 is 1.81 bits per heavy atom. The van der Waals surface area contributed by atoms with Crippen LogP contribution >= 0.6 is 0 Å². The molecule has 1 atom stereocenters. The number of carbonyl (C=O) groups is 2. The van der Waals surface area contributed by atoms with Crippen molar-refractivity contribution in [2.24, 2.45) is 0 Å². The topological polar surface area (TPSA) is 110 Å². The quantitative estimate of drug-likeness (QED) is 0.667. The van der Waals surface area contributed by atoms with Crippen LogP contribution in [0.15, 0.2) is 66.7 Å². The molecule has 1 aliphatic rings. The van der Waals surface area contributed by atoms with Crippen LogP contribution in [0.4, 0.5) is 10.5 Å². The van der Waals surface area contributed by atoms with E-state index in [1.807, 2.05) is 6.07 Å². The van der Waals surface area contributed by atoms with Crippen molar-refractivity contribution in [3.05, 3.63) is 88.0 Å². The van der Waals surface area contributed by atoms with Crippen LogP contribution < -0.4 is 0 Å². The van der Waals surface area contributed by atoms with Crippen molar-refractivity contribution < 1.29 is 24.4 Å². The highest BCUT2D eigenvalue weighted by Crippen LogP contribution is 2.33. The van der Waals surface area contributed by atoms with E-state index >= 15 is 0 Å². The molecule has 132 valence electrons. The minimum absolute atomic E-state index is 0.0696. The first-order valence-electron chi connectivity index (χ1n) is 7.63. The van der Waals surface area contributed by atoms with Crippen LogP contribution in [0.5, 0.6) is 0 Å². The van der Waals surface area contributed by atoms with Gasteiger partial charge in [0, 0.05) is 23.8 Å². The number of hydrogen-bond acceptors (Lipinski definition) is 6. The smallest absolute Gasteiger partial charge is 0.420 e. The summed E-state index contributed by atoms with van der Waals surface area (Å²) in [5.41, 5.74) is -1.40. The zero-order valence-corrected chi connectivity index (χ0v) is 13.4. The predicted octanol–water partition coefficient (Wildman–Crippen LogP) is 2.48. The number of nitro benzene ring substituents is 1. The molecule has 1 heterocycles. The molecule has 1 aliphatic heterocycles. The third-order valence-corrected chi connectivity index (χ3v) is 3.91. The molecule has 1 N–H and O–H groups in total. The minimum atomic E-state index is -2.07. The number of rotatable bonds is 4. The second-order valence-electron chi connectivity index (χ2n) is 5.58. The summed E-state index contributed by atoms with van der Waals surface area (Å²) < 4.78 is 5.12. The first-order chi connectivity index (χ1) is 12.4. The zero-order valence-electron chi connectivity index (χ0n) is 13.4. The second kappa shape index (κ2) is 6.77. The maximum absolute atomic E-state index is 12.4. The lowest BCUT2D eigenvalue weighted by Crippen LogP contribution is -2.47. The molecule has 2 aromatic rings. The van der Waals surface area contributed by atoms with Crippen molar-refractivity contribution in [3.8, 4) is 0 Å². The van der Waals surface area contributed by atoms with Crippen molar-refractivity contribution in [3.63, 3.8) is 0 Å². The number of nitrogens with zero attached hydrogens (tertiary/aromatic N) is 2. The molecule has 0 saturated carbocycles. The molecular weight excluding hydrogens is 340 g/mol. The number of amides is 2. The Morgan fingerprint density at radius 3 is 2.42 bits per heavy atom. The molecule has 2 aromatic carbocycles. The van der Waals surface area contributed by atoms with Crippen LogP contribution in [0, 0.1) is 10.1 Å². The fraction of sp³-hybridized carbons (Fsp3) is 0.111. The molecule has 0 spiro atoms. The van der Waals surface area contributed by atoms with Crippen LogP contribution in [-0.2, 0) is 21.9 Å². The lowest BCUT2D eigenvalue weighted by atomic mass is 10.0. The Morgan fingerprint density at radius 1 is 1.15 bits per heavy atom. The largest absolute Gasteiger partial charge is 0.444 e. The van der Waals surface area contributed by atoms with Gasteiger partial charge in [-0.15, -0.1) is 0 Å². The van der Waals surface area contributed by atoms with Gasteiger partial charge in [0.25, 0.3) is 11.6 Å². The number of hydrogen-bond donors (Lipinski definition) is 1. The molecule has 0 fully saturated rings. The van der Waals surface area contributed by atoms with Gasteiger partial charge in [0.2, 0.25) is 0 Å². The van der Waals surface area contributed by atoms with Crippen molar-refractivity contribution in [2.45, 2.75) is 12.3 Å². The van der Waals surface area contributed by atoms with Crippen LogP contribution in [0.3, 0.4) is 0 Å². The summed E-state index contributed by atoms with van der Waals surface area (Å²) in [4.78, 5) is 35.2. The summed E-state index contributed by atoms with van der Waals surface area (Å²) in [5, 5.41) is 21.6. The minimum Gasteiger partial charge on any atom is -0.444 e. The molecule has 2 amide bonds. The first kappa shape index (κ1) is 17.3. The molecule has 3 rings (SSSR count). The predicted molar refractivity (Wildman–Crippen MR) is 89.6 cm³/mol. The maximum atomic E-state index is 12.4. The van der Waals surface area contributed by atoms with Crippen molar-refractivity contribution in [1.82, 2.24) is 4.90 Å². The Labute approximate surface area is 148 Å². The van der Waals surface area contributed by atoms with Crippen LogP contribution in [0.2, 0.25) is 0 Å². The number of ether oxygens (including phenoxy) is 1. The lowest BCUT2D eigenvalue weighted by molar-refractivity contribution is -0.384. The molecule has 0 aromatic heterocycles. The molecule has 0 aliphatic carbocycles. The average molecular weight is 354 g/mol. The van der Waals surface area contributed by atoms with E-state index in [9.17, 15) is 24.8 Å². The van der Waals surface area contributed by atoms with Gasteiger partial charge in [-0.05, 0) is 23.8 Å². The van der Waals surface area contributed by atoms with Gasteiger partial charge < -0.3 is 9.84 Å². The molecule has 0 radical (unpaired) electrons. The highest BCUT2D eigenvalue weighted by atomic mass is 16.6. The summed E-state index contributed by atoms with van der Waals surface area (Å²) >= 11 is 0. The van der Waals surface area contributed by atoms with E-state index in [1.165, 1.54) is 24.3 Å². The Hall–Kier alpha value is -3.52. The normalized spacial score (nSPS) is 18.8. The summed E-state index contributed by atoms with van der Waals surface area (Å²) in [6.07, 6.45) is 1.16. The Kier molecular flexibility index (Phi) is 4.51.